The minimum absolute atomic E-state index is 0.326. The molecule has 16 heavy (non-hydrogen) atoms. The van der Waals surface area contributed by atoms with Gasteiger partial charge in [-0.05, 0) is 13.8 Å². The Morgan fingerprint density at radius 1 is 1.31 bits per heavy atom. The molecule has 0 aliphatic rings. The fourth-order valence-electron chi connectivity index (χ4n) is 1.53. The minimum Gasteiger partial charge on any atom is -0.393 e. The fourth-order valence-corrected chi connectivity index (χ4v) is 2.37. The molecule has 1 atom stereocenters. The van der Waals surface area contributed by atoms with Gasteiger partial charge in [-0.1, -0.05) is 29.8 Å². The van der Waals surface area contributed by atoms with Crippen LogP contribution in [0.5, 0.6) is 0 Å². The minimum atomic E-state index is -0.326. The van der Waals surface area contributed by atoms with Crippen LogP contribution in [0.3, 0.4) is 0 Å². The molecule has 0 fully saturated rings. The van der Waals surface area contributed by atoms with Crippen LogP contribution in [-0.2, 0) is 6.42 Å². The van der Waals surface area contributed by atoms with Crippen LogP contribution >= 0.6 is 11.3 Å². The van der Waals surface area contributed by atoms with Gasteiger partial charge < -0.3 is 5.11 Å². The number of benzene rings is 1. The van der Waals surface area contributed by atoms with Crippen molar-refractivity contribution in [3.05, 3.63) is 40.9 Å². The van der Waals surface area contributed by atoms with Gasteiger partial charge in [0.2, 0.25) is 0 Å². The molecule has 1 unspecified atom stereocenters. The van der Waals surface area contributed by atoms with E-state index in [9.17, 15) is 5.11 Å². The van der Waals surface area contributed by atoms with Crippen LogP contribution in [0.1, 0.15) is 18.2 Å². The second kappa shape index (κ2) is 4.76. The van der Waals surface area contributed by atoms with E-state index >= 15 is 0 Å². The molecule has 84 valence electrons. The summed E-state index contributed by atoms with van der Waals surface area (Å²) < 4.78 is 0. The lowest BCUT2D eigenvalue weighted by molar-refractivity contribution is 0.194. The van der Waals surface area contributed by atoms with Gasteiger partial charge in [-0.3, -0.25) is 0 Å². The molecule has 2 rings (SSSR count). The summed E-state index contributed by atoms with van der Waals surface area (Å²) >= 11 is 1.63. The van der Waals surface area contributed by atoms with Crippen molar-refractivity contribution in [2.24, 2.45) is 0 Å². The summed E-state index contributed by atoms with van der Waals surface area (Å²) in [7, 11) is 0. The van der Waals surface area contributed by atoms with Gasteiger partial charge in [-0.2, -0.15) is 0 Å². The van der Waals surface area contributed by atoms with Gasteiger partial charge in [0, 0.05) is 17.4 Å². The number of aliphatic hydroxyl groups is 1. The number of aromatic nitrogens is 1. The van der Waals surface area contributed by atoms with E-state index in [1.807, 2.05) is 5.38 Å². The SMILES string of the molecule is Cc1ccc(-c2nc(CC(C)O)cs2)cc1. The quantitative estimate of drug-likeness (QED) is 0.884. The van der Waals surface area contributed by atoms with Crippen LogP contribution in [-0.4, -0.2) is 16.2 Å². The number of nitrogens with zero attached hydrogens (tertiary/aromatic N) is 1. The number of hydrogen-bond acceptors (Lipinski definition) is 3. The molecule has 0 aliphatic heterocycles. The Morgan fingerprint density at radius 2 is 2.00 bits per heavy atom. The molecule has 1 aromatic carbocycles. The molecule has 1 heterocycles. The van der Waals surface area contributed by atoms with Crippen LogP contribution in [0.25, 0.3) is 10.6 Å². The number of hydrogen-bond donors (Lipinski definition) is 1. The van der Waals surface area contributed by atoms with Gasteiger partial charge in [-0.25, -0.2) is 4.98 Å². The van der Waals surface area contributed by atoms with Crippen LogP contribution in [0.2, 0.25) is 0 Å². The van der Waals surface area contributed by atoms with E-state index in [2.05, 4.69) is 36.2 Å². The Bertz CT molecular complexity index is 459. The molecule has 1 aromatic heterocycles. The maximum absolute atomic E-state index is 9.29. The largest absolute Gasteiger partial charge is 0.393 e. The number of aryl methyl sites for hydroxylation is 1. The highest BCUT2D eigenvalue weighted by Gasteiger charge is 2.06. The Hall–Kier alpha value is -1.19. The molecule has 0 bridgehead atoms. The predicted octanol–water partition coefficient (Wildman–Crippen LogP) is 3.04. The summed E-state index contributed by atoms with van der Waals surface area (Å²) in [5.74, 6) is 0. The van der Waals surface area contributed by atoms with Crippen LogP contribution in [0.4, 0.5) is 0 Å². The molecule has 0 amide bonds. The van der Waals surface area contributed by atoms with E-state index in [-0.39, 0.29) is 6.10 Å². The first-order chi connectivity index (χ1) is 7.65. The van der Waals surface area contributed by atoms with Crippen LogP contribution in [0.15, 0.2) is 29.6 Å². The molecule has 0 saturated carbocycles. The van der Waals surface area contributed by atoms with Crippen molar-refractivity contribution in [1.29, 1.82) is 0 Å². The Morgan fingerprint density at radius 3 is 2.62 bits per heavy atom. The lowest BCUT2D eigenvalue weighted by atomic mass is 10.1. The van der Waals surface area contributed by atoms with E-state index in [0.29, 0.717) is 6.42 Å². The van der Waals surface area contributed by atoms with Crippen LogP contribution < -0.4 is 0 Å². The summed E-state index contributed by atoms with van der Waals surface area (Å²) in [5, 5.41) is 12.3. The highest BCUT2D eigenvalue weighted by Crippen LogP contribution is 2.24. The van der Waals surface area contributed by atoms with Crippen LogP contribution in [0, 0.1) is 6.92 Å². The van der Waals surface area contributed by atoms with Gasteiger partial charge >= 0.3 is 0 Å². The molecule has 2 nitrogen and oxygen atoms in total. The second-order valence-corrected chi connectivity index (χ2v) is 4.92. The average molecular weight is 233 g/mol. The van der Waals surface area contributed by atoms with Crippen molar-refractivity contribution in [2.75, 3.05) is 0 Å². The van der Waals surface area contributed by atoms with Gasteiger partial charge in [0.1, 0.15) is 5.01 Å². The molecule has 0 saturated heterocycles. The Balaban J connectivity index is 2.21. The van der Waals surface area contributed by atoms with E-state index in [4.69, 9.17) is 0 Å². The third-order valence-electron chi connectivity index (χ3n) is 2.35. The van der Waals surface area contributed by atoms with Gasteiger partial charge in [0.05, 0.1) is 11.8 Å². The molecule has 0 spiro atoms. The molecule has 2 aromatic rings. The van der Waals surface area contributed by atoms with Crippen molar-refractivity contribution < 1.29 is 5.11 Å². The standard InChI is InChI=1S/C13H15NOS/c1-9-3-5-11(6-4-9)13-14-12(8-16-13)7-10(2)15/h3-6,8,10,15H,7H2,1-2H3. The number of aliphatic hydroxyl groups excluding tert-OH is 1. The summed E-state index contributed by atoms with van der Waals surface area (Å²) in [6, 6.07) is 8.34. The first kappa shape index (κ1) is 11.3. The monoisotopic (exact) mass is 233 g/mol. The zero-order valence-electron chi connectivity index (χ0n) is 9.47. The lowest BCUT2D eigenvalue weighted by Crippen LogP contribution is -2.04. The molecule has 1 N–H and O–H groups in total. The van der Waals surface area contributed by atoms with Gasteiger partial charge in [0.15, 0.2) is 0 Å². The number of rotatable bonds is 3. The van der Waals surface area contributed by atoms with Gasteiger partial charge in [-0.15, -0.1) is 11.3 Å². The summed E-state index contributed by atoms with van der Waals surface area (Å²) in [5.41, 5.74) is 3.37. The average Bonchev–Trinajstić information content (AvgIpc) is 2.66. The summed E-state index contributed by atoms with van der Waals surface area (Å²) in [4.78, 5) is 4.51. The van der Waals surface area contributed by atoms with E-state index in [0.717, 1.165) is 16.3 Å². The number of thiazole rings is 1. The third kappa shape index (κ3) is 2.68. The second-order valence-electron chi connectivity index (χ2n) is 4.06. The molecular formula is C13H15NOS. The summed E-state index contributed by atoms with van der Waals surface area (Å²) in [6.45, 7) is 3.86. The Labute approximate surface area is 99.6 Å². The Kier molecular flexibility index (Phi) is 3.36. The fraction of sp³-hybridized carbons (Fsp3) is 0.308. The molecular weight excluding hydrogens is 218 g/mol. The van der Waals surface area contributed by atoms with E-state index < -0.39 is 0 Å². The van der Waals surface area contributed by atoms with Crippen molar-refractivity contribution in [3.8, 4) is 10.6 Å². The highest BCUT2D eigenvalue weighted by atomic mass is 32.1. The maximum atomic E-state index is 9.29. The smallest absolute Gasteiger partial charge is 0.123 e. The predicted molar refractivity (Wildman–Crippen MR) is 67.7 cm³/mol. The first-order valence-corrected chi connectivity index (χ1v) is 6.22. The summed E-state index contributed by atoms with van der Waals surface area (Å²) in [6.07, 6.45) is 0.301. The maximum Gasteiger partial charge on any atom is 0.123 e. The normalized spacial score (nSPS) is 12.7. The molecule has 0 radical (unpaired) electrons. The van der Waals surface area contributed by atoms with Crippen molar-refractivity contribution in [2.45, 2.75) is 26.4 Å². The van der Waals surface area contributed by atoms with Gasteiger partial charge in [0.25, 0.3) is 0 Å². The van der Waals surface area contributed by atoms with Crippen molar-refractivity contribution in [1.82, 2.24) is 4.98 Å². The van der Waals surface area contributed by atoms with E-state index in [1.54, 1.807) is 18.3 Å². The zero-order valence-corrected chi connectivity index (χ0v) is 10.3. The van der Waals surface area contributed by atoms with Crippen molar-refractivity contribution in [3.63, 3.8) is 0 Å². The highest BCUT2D eigenvalue weighted by molar-refractivity contribution is 7.13. The van der Waals surface area contributed by atoms with Crippen molar-refractivity contribution >= 4 is 11.3 Å². The first-order valence-electron chi connectivity index (χ1n) is 5.34. The molecule has 3 heteroatoms. The zero-order chi connectivity index (χ0) is 11.5. The third-order valence-corrected chi connectivity index (χ3v) is 3.29. The molecule has 0 aliphatic carbocycles. The van der Waals surface area contributed by atoms with E-state index in [1.165, 1.54) is 5.56 Å². The lowest BCUT2D eigenvalue weighted by Gasteiger charge is -1.99. The topological polar surface area (TPSA) is 33.1 Å².